The molecule has 23 heavy (non-hydrogen) atoms. The van der Waals surface area contributed by atoms with Gasteiger partial charge in [0.15, 0.2) is 0 Å². The number of anilines is 1. The number of hydrogen-bond donors (Lipinski definition) is 2. The normalized spacial score (nSPS) is 18.1. The van der Waals surface area contributed by atoms with Crippen molar-refractivity contribution in [3.63, 3.8) is 0 Å². The molecular formula is C13H16N2O7S. The van der Waals surface area contributed by atoms with Crippen molar-refractivity contribution in [3.8, 4) is 11.5 Å². The molecule has 0 spiro atoms. The molecule has 1 saturated heterocycles. The van der Waals surface area contributed by atoms with Crippen molar-refractivity contribution < 1.29 is 32.6 Å². The van der Waals surface area contributed by atoms with Crippen LogP contribution in [0.25, 0.3) is 0 Å². The van der Waals surface area contributed by atoms with Gasteiger partial charge >= 0.3 is 5.97 Å². The molecule has 126 valence electrons. The van der Waals surface area contributed by atoms with Gasteiger partial charge in [0.1, 0.15) is 22.3 Å². The molecule has 1 aliphatic heterocycles. The lowest BCUT2D eigenvalue weighted by atomic mass is 10.1. The van der Waals surface area contributed by atoms with Gasteiger partial charge in [-0.1, -0.05) is 0 Å². The minimum absolute atomic E-state index is 0.00120. The number of hydrogen-bond acceptors (Lipinski definition) is 6. The Kier molecular flexibility index (Phi) is 4.48. The Balaban J connectivity index is 2.58. The summed E-state index contributed by atoms with van der Waals surface area (Å²) in [6.45, 7) is -0.228. The van der Waals surface area contributed by atoms with E-state index in [0.29, 0.717) is 0 Å². The average molecular weight is 344 g/mol. The van der Waals surface area contributed by atoms with E-state index in [0.717, 1.165) is 4.90 Å². The number of rotatable bonds is 5. The van der Waals surface area contributed by atoms with E-state index < -0.39 is 27.1 Å². The number of nitrogens with zero attached hydrogens (tertiary/aromatic N) is 1. The maximum Gasteiger partial charge on any atom is 0.341 e. The van der Waals surface area contributed by atoms with Gasteiger partial charge in [-0.05, 0) is 0 Å². The van der Waals surface area contributed by atoms with Crippen LogP contribution in [0.1, 0.15) is 16.8 Å². The van der Waals surface area contributed by atoms with Crippen LogP contribution in [-0.2, 0) is 14.8 Å². The molecule has 1 unspecified atom stereocenters. The van der Waals surface area contributed by atoms with E-state index in [1.807, 2.05) is 0 Å². The van der Waals surface area contributed by atoms with Gasteiger partial charge in [-0.3, -0.25) is 4.79 Å². The topological polar surface area (TPSA) is 136 Å². The fourth-order valence-corrected chi connectivity index (χ4v) is 3.14. The quantitative estimate of drug-likeness (QED) is 0.754. The van der Waals surface area contributed by atoms with E-state index >= 15 is 0 Å². The van der Waals surface area contributed by atoms with E-state index in [1.54, 1.807) is 0 Å². The average Bonchev–Trinajstić information content (AvgIpc) is 2.87. The molecule has 1 amide bonds. The Morgan fingerprint density at radius 3 is 2.43 bits per heavy atom. The van der Waals surface area contributed by atoms with Crippen molar-refractivity contribution in [1.29, 1.82) is 0 Å². The molecule has 0 aromatic heterocycles. The number of methoxy groups -OCH3 is 2. The number of benzene rings is 1. The molecule has 0 aliphatic carbocycles. The number of primary sulfonamides is 1. The van der Waals surface area contributed by atoms with Gasteiger partial charge in [0.05, 0.1) is 19.9 Å². The van der Waals surface area contributed by atoms with E-state index in [4.69, 9.17) is 14.6 Å². The van der Waals surface area contributed by atoms with Crippen LogP contribution in [0, 0.1) is 0 Å². The molecule has 1 aromatic rings. The molecule has 9 nitrogen and oxygen atoms in total. The molecule has 2 rings (SSSR count). The minimum Gasteiger partial charge on any atom is -0.497 e. The molecule has 1 atom stereocenters. The lowest BCUT2D eigenvalue weighted by Crippen LogP contribution is -2.32. The lowest BCUT2D eigenvalue weighted by Gasteiger charge is -2.21. The number of sulfonamides is 1. The molecule has 0 saturated carbocycles. The Bertz CT molecular complexity index is 760. The first kappa shape index (κ1) is 17.0. The number of aromatic carboxylic acids is 1. The Morgan fingerprint density at radius 2 is 2.00 bits per heavy atom. The maximum absolute atomic E-state index is 12.1. The zero-order valence-corrected chi connectivity index (χ0v) is 13.3. The summed E-state index contributed by atoms with van der Waals surface area (Å²) in [5.41, 5.74) is -0.249. The zero-order chi connectivity index (χ0) is 17.4. The van der Waals surface area contributed by atoms with Crippen molar-refractivity contribution >= 4 is 27.6 Å². The number of carboxylic acids is 1. The molecule has 3 N–H and O–H groups in total. The van der Waals surface area contributed by atoms with Crippen molar-refractivity contribution in [2.24, 2.45) is 5.14 Å². The third-order valence-electron chi connectivity index (χ3n) is 3.57. The molecule has 1 heterocycles. The number of nitrogens with two attached hydrogens (primary N) is 1. The first-order valence-corrected chi connectivity index (χ1v) is 8.11. The van der Waals surface area contributed by atoms with Gasteiger partial charge in [0.2, 0.25) is 15.9 Å². The minimum atomic E-state index is -3.91. The van der Waals surface area contributed by atoms with Gasteiger partial charge in [0.25, 0.3) is 0 Å². The van der Waals surface area contributed by atoms with E-state index in [2.05, 4.69) is 0 Å². The summed E-state index contributed by atoms with van der Waals surface area (Å²) in [5, 5.41) is 13.4. The van der Waals surface area contributed by atoms with Crippen molar-refractivity contribution in [2.75, 3.05) is 25.7 Å². The molecule has 1 aliphatic rings. The largest absolute Gasteiger partial charge is 0.497 e. The summed E-state index contributed by atoms with van der Waals surface area (Å²) >= 11 is 0. The second kappa shape index (κ2) is 6.05. The second-order valence-electron chi connectivity index (χ2n) is 4.95. The van der Waals surface area contributed by atoms with Gasteiger partial charge in [-0.2, -0.15) is 0 Å². The second-order valence-corrected chi connectivity index (χ2v) is 6.79. The zero-order valence-electron chi connectivity index (χ0n) is 12.5. The van der Waals surface area contributed by atoms with Crippen LogP contribution < -0.4 is 19.5 Å². The fourth-order valence-electron chi connectivity index (χ4n) is 2.41. The predicted molar refractivity (Wildman–Crippen MR) is 80.4 cm³/mol. The van der Waals surface area contributed by atoms with E-state index in [9.17, 15) is 23.1 Å². The smallest absolute Gasteiger partial charge is 0.341 e. The summed E-state index contributed by atoms with van der Waals surface area (Å²) in [5.74, 6) is -1.58. The third kappa shape index (κ3) is 3.22. The Morgan fingerprint density at radius 1 is 1.35 bits per heavy atom. The highest BCUT2D eigenvalue weighted by Gasteiger charge is 2.39. The van der Waals surface area contributed by atoms with Crippen LogP contribution in [0.3, 0.4) is 0 Å². The summed E-state index contributed by atoms with van der Waals surface area (Å²) in [7, 11) is -1.26. The van der Waals surface area contributed by atoms with Gasteiger partial charge in [-0.15, -0.1) is 0 Å². The highest BCUT2D eigenvalue weighted by molar-refractivity contribution is 7.89. The van der Waals surface area contributed by atoms with Crippen LogP contribution >= 0.6 is 0 Å². The summed E-state index contributed by atoms with van der Waals surface area (Å²) in [4.78, 5) is 24.8. The van der Waals surface area contributed by atoms with Gasteiger partial charge in [0, 0.05) is 25.1 Å². The Hall–Kier alpha value is -2.33. The molecule has 1 aromatic carbocycles. The molecule has 0 bridgehead atoms. The van der Waals surface area contributed by atoms with Crippen LogP contribution in [0.2, 0.25) is 0 Å². The highest BCUT2D eigenvalue weighted by atomic mass is 32.2. The highest BCUT2D eigenvalue weighted by Crippen LogP contribution is 2.37. The number of amides is 1. The lowest BCUT2D eigenvalue weighted by molar-refractivity contribution is -0.117. The number of carbonyl (C=O) groups is 2. The first-order chi connectivity index (χ1) is 10.7. The van der Waals surface area contributed by atoms with Crippen molar-refractivity contribution in [1.82, 2.24) is 0 Å². The van der Waals surface area contributed by atoms with Gasteiger partial charge in [-0.25, -0.2) is 18.4 Å². The van der Waals surface area contributed by atoms with Crippen LogP contribution in [-0.4, -0.2) is 51.4 Å². The van der Waals surface area contributed by atoms with Crippen LogP contribution in [0.15, 0.2) is 12.1 Å². The molecule has 10 heteroatoms. The predicted octanol–water partition coefficient (Wildman–Crippen LogP) is -0.204. The van der Waals surface area contributed by atoms with Crippen LogP contribution in [0.4, 0.5) is 5.69 Å². The summed E-state index contributed by atoms with van der Waals surface area (Å²) < 4.78 is 33.0. The molecule has 0 radical (unpaired) electrons. The number of carboxylic acid groups (broad SMARTS) is 1. The first-order valence-electron chi connectivity index (χ1n) is 6.50. The summed E-state index contributed by atoms with van der Waals surface area (Å²) in [6.07, 6.45) is -0.308. The summed E-state index contributed by atoms with van der Waals surface area (Å²) in [6, 6.07) is 2.71. The van der Waals surface area contributed by atoms with Crippen molar-refractivity contribution in [3.05, 3.63) is 17.7 Å². The van der Waals surface area contributed by atoms with E-state index in [-0.39, 0.29) is 35.7 Å². The number of ether oxygens (including phenoxy) is 2. The standard InChI is InChI=1S/C13H16N2O7S/c1-21-7-3-9(12(13(17)18)10(4-7)22-2)15-6-8(5-11(15)16)23(14,19)20/h3-4,8H,5-6H2,1-2H3,(H,17,18)(H2,14,19,20). The molecular weight excluding hydrogens is 328 g/mol. The monoisotopic (exact) mass is 344 g/mol. The van der Waals surface area contributed by atoms with Crippen LogP contribution in [0.5, 0.6) is 11.5 Å². The molecule has 1 fully saturated rings. The van der Waals surface area contributed by atoms with E-state index in [1.165, 1.54) is 26.4 Å². The maximum atomic E-state index is 12.1. The third-order valence-corrected chi connectivity index (χ3v) is 4.81. The Labute approximate surface area is 132 Å². The van der Waals surface area contributed by atoms with Gasteiger partial charge < -0.3 is 19.5 Å². The SMILES string of the molecule is COc1cc(OC)c(C(=O)O)c(N2CC(S(N)(=O)=O)CC2=O)c1. The van der Waals surface area contributed by atoms with Crippen molar-refractivity contribution in [2.45, 2.75) is 11.7 Å². The number of carbonyl (C=O) groups excluding carboxylic acids is 1. The fraction of sp³-hybridized carbons (Fsp3) is 0.385.